The van der Waals surface area contributed by atoms with Crippen LogP contribution in [0.1, 0.15) is 31.7 Å². The molecule has 0 atom stereocenters. The SMILES string of the molecule is Cc1ccc2oc3cc(NCCCN4CCC(C)CC4)c4c(=O)c5ccccc5c(=O)c4c3[nH]c2c1. The topological polar surface area (TPSA) is 78.3 Å². The first-order valence-electron chi connectivity index (χ1n) is 12.9. The van der Waals surface area contributed by atoms with Crippen molar-refractivity contribution < 1.29 is 4.42 Å². The number of aryl methyl sites for hydroxylation is 1. The zero-order valence-electron chi connectivity index (χ0n) is 20.8. The molecule has 0 bridgehead atoms. The van der Waals surface area contributed by atoms with E-state index in [-0.39, 0.29) is 10.9 Å². The number of anilines is 1. The molecule has 0 amide bonds. The smallest absolute Gasteiger partial charge is 0.196 e. The number of aromatic amines is 1. The van der Waals surface area contributed by atoms with Gasteiger partial charge in [0.2, 0.25) is 0 Å². The van der Waals surface area contributed by atoms with Crippen molar-refractivity contribution in [1.29, 1.82) is 0 Å². The van der Waals surface area contributed by atoms with Crippen molar-refractivity contribution in [3.63, 3.8) is 0 Å². The summed E-state index contributed by atoms with van der Waals surface area (Å²) in [7, 11) is 0. The molecule has 1 fully saturated rings. The highest BCUT2D eigenvalue weighted by molar-refractivity contribution is 6.14. The number of hydrogen-bond donors (Lipinski definition) is 2. The Kier molecular flexibility index (Phi) is 5.76. The fraction of sp³-hybridized carbons (Fsp3) is 0.333. The van der Waals surface area contributed by atoms with Gasteiger partial charge in [-0.3, -0.25) is 9.59 Å². The molecule has 5 aromatic rings. The zero-order valence-corrected chi connectivity index (χ0v) is 20.8. The van der Waals surface area contributed by atoms with Crippen LogP contribution in [0.3, 0.4) is 0 Å². The van der Waals surface area contributed by atoms with Gasteiger partial charge in [-0.25, -0.2) is 0 Å². The molecule has 0 aliphatic carbocycles. The van der Waals surface area contributed by atoms with Gasteiger partial charge in [0, 0.05) is 29.1 Å². The van der Waals surface area contributed by atoms with Crippen LogP contribution in [-0.2, 0) is 0 Å². The lowest BCUT2D eigenvalue weighted by Gasteiger charge is -2.30. The van der Waals surface area contributed by atoms with Gasteiger partial charge in [0.1, 0.15) is 0 Å². The average Bonchev–Trinajstić information content (AvgIpc) is 2.89. The van der Waals surface area contributed by atoms with E-state index in [1.54, 1.807) is 24.3 Å². The summed E-state index contributed by atoms with van der Waals surface area (Å²) in [6.07, 6.45) is 3.47. The van der Waals surface area contributed by atoms with E-state index in [4.69, 9.17) is 4.42 Å². The molecule has 1 aliphatic heterocycles. The second kappa shape index (κ2) is 9.10. The molecule has 184 valence electrons. The van der Waals surface area contributed by atoms with Crippen LogP contribution < -0.4 is 16.2 Å². The van der Waals surface area contributed by atoms with Gasteiger partial charge in [0.05, 0.1) is 21.8 Å². The van der Waals surface area contributed by atoms with Crippen LogP contribution in [0, 0.1) is 12.8 Å². The van der Waals surface area contributed by atoms with E-state index in [1.165, 1.54) is 12.8 Å². The number of fused-ring (bicyclic) bond motifs is 5. The molecule has 6 nitrogen and oxygen atoms in total. The standard InChI is InChI=1S/C30H31N3O3/c1-18-10-14-33(15-11-18)13-5-12-31-23-17-25-28(32-22-16-19(2)8-9-24(22)36-25)27-26(23)29(34)20-6-3-4-7-21(20)30(27)35/h3-4,6-9,16-18,31-32H,5,10-15H2,1-2H3. The number of rotatable bonds is 5. The highest BCUT2D eigenvalue weighted by atomic mass is 16.3. The number of benzene rings is 4. The Hall–Kier alpha value is -3.64. The van der Waals surface area contributed by atoms with Gasteiger partial charge < -0.3 is 19.6 Å². The number of piperidine rings is 1. The van der Waals surface area contributed by atoms with Gasteiger partial charge in [0.15, 0.2) is 22.0 Å². The minimum Gasteiger partial charge on any atom is -0.453 e. The van der Waals surface area contributed by atoms with Crippen LogP contribution in [0.2, 0.25) is 0 Å². The summed E-state index contributed by atoms with van der Waals surface area (Å²) in [4.78, 5) is 33.4. The molecule has 1 saturated heterocycles. The Morgan fingerprint density at radius 3 is 2.44 bits per heavy atom. The minimum atomic E-state index is -0.158. The van der Waals surface area contributed by atoms with Crippen LogP contribution >= 0.6 is 0 Å². The predicted octanol–water partition coefficient (Wildman–Crippen LogP) is 5.78. The van der Waals surface area contributed by atoms with E-state index in [0.29, 0.717) is 50.5 Å². The maximum atomic E-state index is 13.7. The normalized spacial score (nSPS) is 15.4. The number of nitrogens with zero attached hydrogens (tertiary/aromatic N) is 1. The summed E-state index contributed by atoms with van der Waals surface area (Å²) < 4.78 is 6.25. The highest BCUT2D eigenvalue weighted by Crippen LogP contribution is 2.31. The van der Waals surface area contributed by atoms with Crippen LogP contribution in [0.5, 0.6) is 0 Å². The molecule has 6 heteroatoms. The van der Waals surface area contributed by atoms with Crippen molar-refractivity contribution in [2.45, 2.75) is 33.1 Å². The van der Waals surface area contributed by atoms with Crippen LogP contribution in [0.15, 0.2) is 62.5 Å². The summed E-state index contributed by atoms with van der Waals surface area (Å²) in [5, 5.41) is 5.18. The average molecular weight is 482 g/mol. The van der Waals surface area contributed by atoms with Crippen molar-refractivity contribution in [2.24, 2.45) is 5.92 Å². The maximum absolute atomic E-state index is 13.7. The third-order valence-electron chi connectivity index (χ3n) is 7.62. The maximum Gasteiger partial charge on any atom is 0.196 e. The number of aromatic nitrogens is 1. The molecule has 2 N–H and O–H groups in total. The molecule has 0 radical (unpaired) electrons. The van der Waals surface area contributed by atoms with E-state index >= 15 is 0 Å². The molecule has 36 heavy (non-hydrogen) atoms. The quantitative estimate of drug-likeness (QED) is 0.189. The predicted molar refractivity (Wildman–Crippen MR) is 148 cm³/mol. The lowest BCUT2D eigenvalue weighted by molar-refractivity contribution is 0.192. The van der Waals surface area contributed by atoms with E-state index in [0.717, 1.165) is 43.1 Å². The van der Waals surface area contributed by atoms with Gasteiger partial charge in [-0.1, -0.05) is 37.3 Å². The summed E-state index contributed by atoms with van der Waals surface area (Å²) in [6, 6.07) is 14.8. The highest BCUT2D eigenvalue weighted by Gasteiger charge is 2.19. The summed E-state index contributed by atoms with van der Waals surface area (Å²) in [5.41, 5.74) is 4.05. The van der Waals surface area contributed by atoms with E-state index < -0.39 is 0 Å². The fourth-order valence-corrected chi connectivity index (χ4v) is 5.51. The summed E-state index contributed by atoms with van der Waals surface area (Å²) in [6.45, 7) is 8.37. The van der Waals surface area contributed by atoms with E-state index in [2.05, 4.69) is 22.1 Å². The first kappa shape index (κ1) is 22.8. The number of nitrogens with one attached hydrogen (secondary N) is 2. The number of H-pyrrole nitrogens is 1. The van der Waals surface area contributed by atoms with Gasteiger partial charge in [-0.15, -0.1) is 0 Å². The Bertz CT molecular complexity index is 1730. The second-order valence-corrected chi connectivity index (χ2v) is 10.3. The van der Waals surface area contributed by atoms with E-state index in [1.807, 2.05) is 31.2 Å². The van der Waals surface area contributed by atoms with Crippen molar-refractivity contribution in [1.82, 2.24) is 9.88 Å². The van der Waals surface area contributed by atoms with Crippen LogP contribution in [0.4, 0.5) is 5.69 Å². The Balaban J connectivity index is 1.47. The van der Waals surface area contributed by atoms with Gasteiger partial charge in [-0.05, 0) is 69.4 Å². The first-order valence-corrected chi connectivity index (χ1v) is 12.9. The molecular formula is C30H31N3O3. The Morgan fingerprint density at radius 1 is 0.972 bits per heavy atom. The Labute approximate surface area is 208 Å². The first-order chi connectivity index (χ1) is 17.5. The molecule has 2 heterocycles. The lowest BCUT2D eigenvalue weighted by atomic mass is 9.99. The Morgan fingerprint density at radius 2 is 1.69 bits per heavy atom. The molecule has 6 rings (SSSR count). The van der Waals surface area contributed by atoms with Crippen molar-refractivity contribution in [3.8, 4) is 0 Å². The zero-order chi connectivity index (χ0) is 24.8. The van der Waals surface area contributed by atoms with E-state index in [9.17, 15) is 9.59 Å². The summed E-state index contributed by atoms with van der Waals surface area (Å²) >= 11 is 0. The number of likely N-dealkylation sites (tertiary alicyclic amines) is 1. The van der Waals surface area contributed by atoms with Gasteiger partial charge >= 0.3 is 0 Å². The largest absolute Gasteiger partial charge is 0.453 e. The lowest BCUT2D eigenvalue weighted by Crippen LogP contribution is -2.34. The van der Waals surface area contributed by atoms with Crippen molar-refractivity contribution in [2.75, 3.05) is 31.5 Å². The minimum absolute atomic E-state index is 0.132. The molecule has 0 unspecified atom stereocenters. The van der Waals surface area contributed by atoms with Crippen molar-refractivity contribution >= 4 is 49.4 Å². The monoisotopic (exact) mass is 481 g/mol. The molecule has 1 aliphatic rings. The van der Waals surface area contributed by atoms with Crippen LogP contribution in [-0.4, -0.2) is 36.1 Å². The number of hydrogen-bond acceptors (Lipinski definition) is 5. The molecular weight excluding hydrogens is 450 g/mol. The third kappa shape index (κ3) is 3.95. The molecule has 1 aromatic heterocycles. The van der Waals surface area contributed by atoms with Crippen molar-refractivity contribution in [3.05, 3.63) is 74.5 Å². The molecule has 0 spiro atoms. The molecule has 4 aromatic carbocycles. The second-order valence-electron chi connectivity index (χ2n) is 10.3. The van der Waals surface area contributed by atoms with Gasteiger partial charge in [0.25, 0.3) is 0 Å². The fourth-order valence-electron chi connectivity index (χ4n) is 5.51. The van der Waals surface area contributed by atoms with Gasteiger partial charge in [-0.2, -0.15) is 0 Å². The van der Waals surface area contributed by atoms with Crippen LogP contribution in [0.25, 0.3) is 43.7 Å². The summed E-state index contributed by atoms with van der Waals surface area (Å²) in [5.74, 6) is 0.815. The molecule has 0 saturated carbocycles. The third-order valence-corrected chi connectivity index (χ3v) is 7.62.